The van der Waals surface area contributed by atoms with Gasteiger partial charge in [0.1, 0.15) is 0 Å². The molecule has 0 spiro atoms. The smallest absolute Gasteiger partial charge is 0.153 e. The van der Waals surface area contributed by atoms with Gasteiger partial charge in [-0.05, 0) is 31.4 Å². The molecular weight excluding hydrogens is 198 g/mol. The van der Waals surface area contributed by atoms with Gasteiger partial charge in [0.25, 0.3) is 0 Å². The molecule has 0 fully saturated rings. The van der Waals surface area contributed by atoms with E-state index in [0.29, 0.717) is 5.82 Å². The molecular formula is C13H17N3. The van der Waals surface area contributed by atoms with Crippen LogP contribution in [-0.4, -0.2) is 10.2 Å². The van der Waals surface area contributed by atoms with E-state index < -0.39 is 0 Å². The molecule has 0 saturated heterocycles. The first kappa shape index (κ1) is 10.7. The van der Waals surface area contributed by atoms with Gasteiger partial charge >= 0.3 is 0 Å². The molecule has 2 rings (SSSR count). The summed E-state index contributed by atoms with van der Waals surface area (Å²) in [5.41, 5.74) is 11.7. The Morgan fingerprint density at radius 3 is 2.75 bits per heavy atom. The second-order valence-corrected chi connectivity index (χ2v) is 4.13. The number of aromatic amines is 1. The summed E-state index contributed by atoms with van der Waals surface area (Å²) in [6, 6.07) is 6.40. The Balaban J connectivity index is 2.66. The fraction of sp³-hybridized carbons (Fsp3) is 0.308. The monoisotopic (exact) mass is 215 g/mol. The van der Waals surface area contributed by atoms with E-state index in [1.54, 1.807) is 0 Å². The van der Waals surface area contributed by atoms with Crippen LogP contribution in [0.3, 0.4) is 0 Å². The number of nitrogens with two attached hydrogens (primary N) is 1. The molecule has 16 heavy (non-hydrogen) atoms. The highest BCUT2D eigenvalue weighted by Crippen LogP contribution is 2.31. The Hall–Kier alpha value is -1.77. The average molecular weight is 215 g/mol. The Morgan fingerprint density at radius 1 is 1.31 bits per heavy atom. The molecule has 3 N–H and O–H groups in total. The second kappa shape index (κ2) is 4.00. The summed E-state index contributed by atoms with van der Waals surface area (Å²) >= 11 is 0. The number of nitrogens with one attached hydrogen (secondary N) is 1. The third kappa shape index (κ3) is 1.69. The van der Waals surface area contributed by atoms with Crippen molar-refractivity contribution in [1.29, 1.82) is 0 Å². The summed E-state index contributed by atoms with van der Waals surface area (Å²) in [5.74, 6) is 0.588. The largest absolute Gasteiger partial charge is 0.382 e. The molecule has 0 atom stereocenters. The molecule has 1 aromatic carbocycles. The van der Waals surface area contributed by atoms with Crippen LogP contribution in [0.2, 0.25) is 0 Å². The first-order valence-electron chi connectivity index (χ1n) is 5.53. The lowest BCUT2D eigenvalue weighted by atomic mass is 9.97. The molecule has 0 bridgehead atoms. The van der Waals surface area contributed by atoms with Crippen LogP contribution in [0.15, 0.2) is 18.2 Å². The summed E-state index contributed by atoms with van der Waals surface area (Å²) in [5, 5.41) is 7.08. The molecule has 1 heterocycles. The normalized spacial score (nSPS) is 10.7. The maximum atomic E-state index is 5.93. The van der Waals surface area contributed by atoms with Crippen LogP contribution in [0.4, 0.5) is 5.82 Å². The lowest BCUT2D eigenvalue weighted by Crippen LogP contribution is -1.92. The highest BCUT2D eigenvalue weighted by molar-refractivity contribution is 5.78. The average Bonchev–Trinajstić information content (AvgIpc) is 2.63. The van der Waals surface area contributed by atoms with E-state index in [0.717, 1.165) is 17.7 Å². The zero-order chi connectivity index (χ0) is 11.7. The standard InChI is InChI=1S/C13H17N3/c1-4-11-12(13(14)16-15-11)10-7-8(2)5-6-9(10)3/h5-7H,4H2,1-3H3,(H3,14,15,16). The van der Waals surface area contributed by atoms with E-state index in [-0.39, 0.29) is 0 Å². The van der Waals surface area contributed by atoms with E-state index >= 15 is 0 Å². The molecule has 0 aliphatic rings. The zero-order valence-electron chi connectivity index (χ0n) is 9.96. The van der Waals surface area contributed by atoms with Gasteiger partial charge in [-0.2, -0.15) is 5.10 Å². The maximum Gasteiger partial charge on any atom is 0.153 e. The third-order valence-electron chi connectivity index (χ3n) is 2.89. The highest BCUT2D eigenvalue weighted by atomic mass is 15.2. The minimum absolute atomic E-state index is 0.588. The fourth-order valence-electron chi connectivity index (χ4n) is 1.96. The van der Waals surface area contributed by atoms with E-state index in [4.69, 9.17) is 5.73 Å². The number of aryl methyl sites for hydroxylation is 3. The van der Waals surface area contributed by atoms with Gasteiger partial charge in [-0.15, -0.1) is 0 Å². The summed E-state index contributed by atoms with van der Waals surface area (Å²) < 4.78 is 0. The molecule has 3 heteroatoms. The molecule has 2 aromatic rings. The van der Waals surface area contributed by atoms with Gasteiger partial charge in [0, 0.05) is 11.3 Å². The quantitative estimate of drug-likeness (QED) is 0.809. The van der Waals surface area contributed by atoms with Crippen molar-refractivity contribution in [3.05, 3.63) is 35.0 Å². The zero-order valence-corrected chi connectivity index (χ0v) is 9.96. The number of hydrogen-bond acceptors (Lipinski definition) is 2. The Kier molecular flexibility index (Phi) is 2.69. The fourth-order valence-corrected chi connectivity index (χ4v) is 1.96. The summed E-state index contributed by atoms with van der Waals surface area (Å²) in [6.45, 7) is 6.28. The minimum Gasteiger partial charge on any atom is -0.382 e. The molecule has 0 amide bonds. The van der Waals surface area contributed by atoms with Gasteiger partial charge in [0.2, 0.25) is 0 Å². The van der Waals surface area contributed by atoms with Gasteiger partial charge in [-0.1, -0.05) is 30.7 Å². The summed E-state index contributed by atoms with van der Waals surface area (Å²) in [7, 11) is 0. The molecule has 0 saturated carbocycles. The van der Waals surface area contributed by atoms with Crippen LogP contribution >= 0.6 is 0 Å². The van der Waals surface area contributed by atoms with E-state index in [2.05, 4.69) is 49.2 Å². The van der Waals surface area contributed by atoms with Crippen molar-refractivity contribution < 1.29 is 0 Å². The molecule has 0 aliphatic heterocycles. The van der Waals surface area contributed by atoms with Crippen molar-refractivity contribution in [3.63, 3.8) is 0 Å². The Labute approximate surface area is 95.7 Å². The number of rotatable bonds is 2. The molecule has 3 nitrogen and oxygen atoms in total. The van der Waals surface area contributed by atoms with E-state index in [1.807, 2.05) is 0 Å². The van der Waals surface area contributed by atoms with Crippen LogP contribution in [0.1, 0.15) is 23.7 Å². The molecule has 1 aromatic heterocycles. The molecule has 0 unspecified atom stereocenters. The third-order valence-corrected chi connectivity index (χ3v) is 2.89. The lowest BCUT2D eigenvalue weighted by molar-refractivity contribution is 0.978. The first-order valence-corrected chi connectivity index (χ1v) is 5.53. The maximum absolute atomic E-state index is 5.93. The minimum atomic E-state index is 0.588. The number of aromatic nitrogens is 2. The van der Waals surface area contributed by atoms with Crippen molar-refractivity contribution in [2.24, 2.45) is 0 Å². The van der Waals surface area contributed by atoms with Gasteiger partial charge in [-0.25, -0.2) is 0 Å². The van der Waals surface area contributed by atoms with Crippen LogP contribution in [0, 0.1) is 13.8 Å². The van der Waals surface area contributed by atoms with Crippen LogP contribution in [0.5, 0.6) is 0 Å². The van der Waals surface area contributed by atoms with Crippen molar-refractivity contribution in [1.82, 2.24) is 10.2 Å². The number of H-pyrrole nitrogens is 1. The van der Waals surface area contributed by atoms with Crippen molar-refractivity contribution in [2.45, 2.75) is 27.2 Å². The number of hydrogen-bond donors (Lipinski definition) is 2. The van der Waals surface area contributed by atoms with E-state index in [1.165, 1.54) is 16.7 Å². The number of anilines is 1. The SMILES string of the molecule is CCc1[nH]nc(N)c1-c1cc(C)ccc1C. The Morgan fingerprint density at radius 2 is 2.06 bits per heavy atom. The topological polar surface area (TPSA) is 54.7 Å². The summed E-state index contributed by atoms with van der Waals surface area (Å²) in [6.07, 6.45) is 0.910. The van der Waals surface area contributed by atoms with Crippen LogP contribution in [-0.2, 0) is 6.42 Å². The van der Waals surface area contributed by atoms with E-state index in [9.17, 15) is 0 Å². The van der Waals surface area contributed by atoms with Crippen molar-refractivity contribution >= 4 is 5.82 Å². The van der Waals surface area contributed by atoms with Crippen LogP contribution in [0.25, 0.3) is 11.1 Å². The summed E-state index contributed by atoms with van der Waals surface area (Å²) in [4.78, 5) is 0. The van der Waals surface area contributed by atoms with Gasteiger partial charge < -0.3 is 5.73 Å². The second-order valence-electron chi connectivity index (χ2n) is 4.13. The molecule has 0 radical (unpaired) electrons. The number of nitrogen functional groups attached to an aromatic ring is 1. The Bertz CT molecular complexity index is 512. The first-order chi connectivity index (χ1) is 7.63. The van der Waals surface area contributed by atoms with Gasteiger partial charge in [-0.3, -0.25) is 5.10 Å². The molecule has 0 aliphatic carbocycles. The van der Waals surface area contributed by atoms with Crippen molar-refractivity contribution in [3.8, 4) is 11.1 Å². The van der Waals surface area contributed by atoms with Crippen LogP contribution < -0.4 is 5.73 Å². The lowest BCUT2D eigenvalue weighted by Gasteiger charge is -2.08. The van der Waals surface area contributed by atoms with Gasteiger partial charge in [0.05, 0.1) is 0 Å². The number of nitrogens with zero attached hydrogens (tertiary/aromatic N) is 1. The predicted octanol–water partition coefficient (Wildman–Crippen LogP) is 2.84. The highest BCUT2D eigenvalue weighted by Gasteiger charge is 2.13. The number of benzene rings is 1. The van der Waals surface area contributed by atoms with Crippen molar-refractivity contribution in [2.75, 3.05) is 5.73 Å². The molecule has 84 valence electrons. The van der Waals surface area contributed by atoms with Gasteiger partial charge in [0.15, 0.2) is 5.82 Å². The predicted molar refractivity (Wildman–Crippen MR) is 67.3 cm³/mol.